The maximum Gasteiger partial charge on any atom is 0.220 e. The Morgan fingerprint density at radius 3 is 2.40 bits per heavy atom. The van der Waals surface area contributed by atoms with Crippen molar-refractivity contribution in [3.63, 3.8) is 0 Å². The molecule has 1 amide bonds. The molecule has 3 nitrogen and oxygen atoms in total. The van der Waals surface area contributed by atoms with Gasteiger partial charge in [0.1, 0.15) is 0 Å². The zero-order valence-electron chi connectivity index (χ0n) is 10.1. The van der Waals surface area contributed by atoms with Gasteiger partial charge in [-0.1, -0.05) is 26.7 Å². The van der Waals surface area contributed by atoms with Crippen molar-refractivity contribution in [2.24, 2.45) is 11.7 Å². The molecule has 0 rings (SSSR count). The third kappa shape index (κ3) is 11.6. The van der Waals surface area contributed by atoms with Gasteiger partial charge in [0.25, 0.3) is 0 Å². The van der Waals surface area contributed by atoms with Crippen molar-refractivity contribution in [2.45, 2.75) is 52.5 Å². The first-order chi connectivity index (χ1) is 6.56. The summed E-state index contributed by atoms with van der Waals surface area (Å²) >= 11 is 0. The van der Waals surface area contributed by atoms with E-state index in [9.17, 15) is 4.79 Å². The fourth-order valence-electron chi connectivity index (χ4n) is 1.42. The molecule has 0 aliphatic carbocycles. The molecular weight excluding hydrogens is 212 g/mol. The summed E-state index contributed by atoms with van der Waals surface area (Å²) in [6, 6.07) is 0.170. The lowest BCUT2D eigenvalue weighted by Gasteiger charge is -2.11. The summed E-state index contributed by atoms with van der Waals surface area (Å²) in [5, 5.41) is 2.88. The first kappa shape index (κ1) is 17.1. The molecule has 0 aromatic heterocycles. The average Bonchev–Trinajstić information content (AvgIpc) is 2.03. The standard InChI is InChI=1S/C11H24N2O.ClH/c1-4-5-9(2)8-11(14)13-7-6-10(3)12;/h9-10H,4-8,12H2,1-3H3,(H,13,14);1H. The Balaban J connectivity index is 0. The van der Waals surface area contributed by atoms with Crippen LogP contribution in [0.25, 0.3) is 0 Å². The molecule has 0 heterocycles. The van der Waals surface area contributed by atoms with E-state index >= 15 is 0 Å². The molecule has 3 N–H and O–H groups in total. The molecule has 0 aliphatic rings. The van der Waals surface area contributed by atoms with E-state index in [0.29, 0.717) is 18.9 Å². The molecule has 0 aromatic carbocycles. The molecule has 15 heavy (non-hydrogen) atoms. The van der Waals surface area contributed by atoms with Crippen LogP contribution in [0.2, 0.25) is 0 Å². The van der Waals surface area contributed by atoms with Crippen LogP contribution in [0.1, 0.15) is 46.5 Å². The summed E-state index contributed by atoms with van der Waals surface area (Å²) in [7, 11) is 0. The van der Waals surface area contributed by atoms with E-state index in [1.54, 1.807) is 0 Å². The van der Waals surface area contributed by atoms with Crippen LogP contribution in [-0.2, 0) is 4.79 Å². The van der Waals surface area contributed by atoms with Crippen LogP contribution in [0.15, 0.2) is 0 Å². The lowest BCUT2D eigenvalue weighted by molar-refractivity contribution is -0.121. The summed E-state index contributed by atoms with van der Waals surface area (Å²) in [5.74, 6) is 0.655. The number of hydrogen-bond donors (Lipinski definition) is 2. The molecule has 0 aliphatic heterocycles. The Hall–Kier alpha value is -0.280. The highest BCUT2D eigenvalue weighted by atomic mass is 35.5. The predicted molar refractivity (Wildman–Crippen MR) is 67.2 cm³/mol. The average molecular weight is 237 g/mol. The van der Waals surface area contributed by atoms with Gasteiger partial charge >= 0.3 is 0 Å². The molecule has 92 valence electrons. The molecule has 0 bridgehead atoms. The zero-order valence-corrected chi connectivity index (χ0v) is 10.9. The lowest BCUT2D eigenvalue weighted by atomic mass is 10.0. The molecule has 2 unspecified atom stereocenters. The molecule has 4 heteroatoms. The molecule has 0 fully saturated rings. The maximum atomic E-state index is 11.4. The monoisotopic (exact) mass is 236 g/mol. The van der Waals surface area contributed by atoms with Crippen molar-refractivity contribution in [3.05, 3.63) is 0 Å². The van der Waals surface area contributed by atoms with Crippen molar-refractivity contribution in [1.82, 2.24) is 5.32 Å². The van der Waals surface area contributed by atoms with Gasteiger partial charge in [-0.25, -0.2) is 0 Å². The number of carbonyl (C=O) groups excluding carboxylic acids is 1. The Labute approximate surface area is 99.6 Å². The van der Waals surface area contributed by atoms with Crippen LogP contribution in [0.5, 0.6) is 0 Å². The normalized spacial score (nSPS) is 13.9. The van der Waals surface area contributed by atoms with Gasteiger partial charge in [0.2, 0.25) is 5.91 Å². The minimum absolute atomic E-state index is 0. The number of halogens is 1. The maximum absolute atomic E-state index is 11.4. The van der Waals surface area contributed by atoms with E-state index in [0.717, 1.165) is 19.3 Å². The van der Waals surface area contributed by atoms with E-state index in [2.05, 4.69) is 19.2 Å². The first-order valence-corrected chi connectivity index (χ1v) is 5.58. The summed E-state index contributed by atoms with van der Waals surface area (Å²) in [6.07, 6.45) is 3.77. The summed E-state index contributed by atoms with van der Waals surface area (Å²) in [4.78, 5) is 11.4. The molecule has 0 saturated carbocycles. The molecule has 2 atom stereocenters. The Kier molecular flexibility index (Phi) is 11.7. The fraction of sp³-hybridized carbons (Fsp3) is 0.909. The number of rotatable bonds is 7. The summed E-state index contributed by atoms with van der Waals surface area (Å²) < 4.78 is 0. The van der Waals surface area contributed by atoms with Crippen LogP contribution < -0.4 is 11.1 Å². The Bertz CT molecular complexity index is 163. The van der Waals surface area contributed by atoms with Crippen molar-refractivity contribution >= 4 is 18.3 Å². The minimum atomic E-state index is 0. The highest BCUT2D eigenvalue weighted by Gasteiger charge is 2.07. The lowest BCUT2D eigenvalue weighted by Crippen LogP contribution is -2.29. The topological polar surface area (TPSA) is 55.1 Å². The Morgan fingerprint density at radius 1 is 1.33 bits per heavy atom. The van der Waals surface area contributed by atoms with Gasteiger partial charge < -0.3 is 11.1 Å². The van der Waals surface area contributed by atoms with Gasteiger partial charge in [-0.05, 0) is 19.3 Å². The van der Waals surface area contributed by atoms with E-state index in [-0.39, 0.29) is 24.4 Å². The van der Waals surface area contributed by atoms with Gasteiger partial charge in [-0.3, -0.25) is 4.79 Å². The second-order valence-corrected chi connectivity index (χ2v) is 4.21. The van der Waals surface area contributed by atoms with Crippen molar-refractivity contribution in [3.8, 4) is 0 Å². The number of carbonyl (C=O) groups is 1. The zero-order chi connectivity index (χ0) is 11.0. The summed E-state index contributed by atoms with van der Waals surface area (Å²) in [5.41, 5.74) is 5.58. The Morgan fingerprint density at radius 2 is 1.93 bits per heavy atom. The predicted octanol–water partition coefficient (Wildman–Crippen LogP) is 2.09. The van der Waals surface area contributed by atoms with Crippen molar-refractivity contribution < 1.29 is 4.79 Å². The number of amides is 1. The number of nitrogens with one attached hydrogen (secondary N) is 1. The second kappa shape index (κ2) is 10.2. The van der Waals surface area contributed by atoms with Gasteiger partial charge in [0.15, 0.2) is 0 Å². The molecule has 0 spiro atoms. The molecule has 0 aromatic rings. The van der Waals surface area contributed by atoms with Gasteiger partial charge in [0.05, 0.1) is 0 Å². The van der Waals surface area contributed by atoms with E-state index in [4.69, 9.17) is 5.73 Å². The first-order valence-electron chi connectivity index (χ1n) is 5.58. The number of nitrogens with two attached hydrogens (primary N) is 1. The van der Waals surface area contributed by atoms with E-state index < -0.39 is 0 Å². The molecule has 0 saturated heterocycles. The SMILES string of the molecule is CCCC(C)CC(=O)NCCC(C)N.Cl. The highest BCUT2D eigenvalue weighted by Crippen LogP contribution is 2.08. The second-order valence-electron chi connectivity index (χ2n) is 4.21. The van der Waals surface area contributed by atoms with E-state index in [1.165, 1.54) is 0 Å². The van der Waals surface area contributed by atoms with Crippen LogP contribution >= 0.6 is 12.4 Å². The minimum Gasteiger partial charge on any atom is -0.356 e. The quantitative estimate of drug-likeness (QED) is 0.711. The summed E-state index contributed by atoms with van der Waals surface area (Å²) in [6.45, 7) is 6.92. The third-order valence-corrected chi connectivity index (χ3v) is 2.24. The van der Waals surface area contributed by atoms with Crippen molar-refractivity contribution in [2.75, 3.05) is 6.54 Å². The fourth-order valence-corrected chi connectivity index (χ4v) is 1.42. The van der Waals surface area contributed by atoms with Crippen LogP contribution in [0.4, 0.5) is 0 Å². The molecule has 0 radical (unpaired) electrons. The van der Waals surface area contributed by atoms with Crippen LogP contribution in [-0.4, -0.2) is 18.5 Å². The van der Waals surface area contributed by atoms with Gasteiger partial charge in [-0.15, -0.1) is 12.4 Å². The van der Waals surface area contributed by atoms with Crippen molar-refractivity contribution in [1.29, 1.82) is 0 Å². The van der Waals surface area contributed by atoms with Crippen LogP contribution in [0, 0.1) is 5.92 Å². The highest BCUT2D eigenvalue weighted by molar-refractivity contribution is 5.85. The smallest absolute Gasteiger partial charge is 0.220 e. The van der Waals surface area contributed by atoms with Gasteiger partial charge in [-0.2, -0.15) is 0 Å². The largest absolute Gasteiger partial charge is 0.356 e. The van der Waals surface area contributed by atoms with E-state index in [1.807, 2.05) is 6.92 Å². The molecular formula is C11H25ClN2O. The number of hydrogen-bond acceptors (Lipinski definition) is 2. The third-order valence-electron chi connectivity index (χ3n) is 2.24. The van der Waals surface area contributed by atoms with Crippen LogP contribution in [0.3, 0.4) is 0 Å². The van der Waals surface area contributed by atoms with Gasteiger partial charge in [0, 0.05) is 19.0 Å².